The fraction of sp³-hybridized carbons (Fsp3) is 0.222. The highest BCUT2D eigenvalue weighted by Crippen LogP contribution is 2.38. The second-order valence-electron chi connectivity index (χ2n) is 8.02. The third kappa shape index (κ3) is 5.61. The van der Waals surface area contributed by atoms with Crippen molar-refractivity contribution in [2.75, 3.05) is 17.2 Å². The van der Waals surface area contributed by atoms with E-state index in [4.69, 9.17) is 4.74 Å². The van der Waals surface area contributed by atoms with E-state index in [1.165, 1.54) is 0 Å². The molecule has 0 bridgehead atoms. The molecule has 0 aliphatic heterocycles. The molecule has 2 heterocycles. The average molecular weight is 473 g/mol. The van der Waals surface area contributed by atoms with Crippen LogP contribution < -0.4 is 15.4 Å². The summed E-state index contributed by atoms with van der Waals surface area (Å²) in [4.78, 5) is 23.2. The van der Waals surface area contributed by atoms with Gasteiger partial charge in [0.1, 0.15) is 10.8 Å². The van der Waals surface area contributed by atoms with Gasteiger partial charge in [0.2, 0.25) is 5.95 Å². The van der Waals surface area contributed by atoms with E-state index >= 15 is 0 Å². The Labute approximate surface area is 204 Å². The van der Waals surface area contributed by atoms with E-state index in [1.54, 1.807) is 23.5 Å². The van der Waals surface area contributed by atoms with E-state index < -0.39 is 0 Å². The Balaban J connectivity index is 1.73. The van der Waals surface area contributed by atoms with E-state index in [1.807, 2.05) is 76.2 Å². The largest absolute Gasteiger partial charge is 0.494 e. The van der Waals surface area contributed by atoms with Gasteiger partial charge in [-0.3, -0.25) is 4.79 Å². The summed E-state index contributed by atoms with van der Waals surface area (Å²) in [6.45, 7) is 8.51. The van der Waals surface area contributed by atoms with E-state index in [2.05, 4.69) is 26.7 Å². The van der Waals surface area contributed by atoms with Crippen LogP contribution in [0.4, 0.5) is 10.9 Å². The molecule has 4 aromatic rings. The topological polar surface area (TPSA) is 76.1 Å². The minimum atomic E-state index is -0.270. The highest BCUT2D eigenvalue weighted by Gasteiger charge is 2.23. The molecule has 6 nitrogen and oxygen atoms in total. The van der Waals surface area contributed by atoms with Crippen LogP contribution in [0.5, 0.6) is 5.75 Å². The van der Waals surface area contributed by atoms with Gasteiger partial charge in [-0.25, -0.2) is 9.97 Å². The lowest BCUT2D eigenvalue weighted by Gasteiger charge is -2.21. The summed E-state index contributed by atoms with van der Waals surface area (Å²) in [7, 11) is 0. The Kier molecular flexibility index (Phi) is 7.23. The highest BCUT2D eigenvalue weighted by molar-refractivity contribution is 7.16. The van der Waals surface area contributed by atoms with Gasteiger partial charge in [-0.2, -0.15) is 0 Å². The minimum Gasteiger partial charge on any atom is -0.494 e. The van der Waals surface area contributed by atoms with Crippen LogP contribution >= 0.6 is 11.3 Å². The zero-order valence-corrected chi connectivity index (χ0v) is 20.6. The zero-order chi connectivity index (χ0) is 24.1. The predicted octanol–water partition coefficient (Wildman–Crippen LogP) is 6.32. The molecule has 0 saturated carbocycles. The van der Waals surface area contributed by atoms with E-state index in [0.29, 0.717) is 18.1 Å². The maximum absolute atomic E-state index is 12.9. The van der Waals surface area contributed by atoms with Crippen LogP contribution in [0.25, 0.3) is 0 Å². The quantitative estimate of drug-likeness (QED) is 0.314. The van der Waals surface area contributed by atoms with Gasteiger partial charge in [-0.15, -0.1) is 11.3 Å². The van der Waals surface area contributed by atoms with Gasteiger partial charge in [0.15, 0.2) is 0 Å². The lowest BCUT2D eigenvalue weighted by atomic mass is 10.00. The van der Waals surface area contributed by atoms with Crippen LogP contribution in [-0.2, 0) is 0 Å². The summed E-state index contributed by atoms with van der Waals surface area (Å²) in [6.07, 6.45) is 0. The summed E-state index contributed by atoms with van der Waals surface area (Å²) < 4.78 is 5.63. The van der Waals surface area contributed by atoms with Gasteiger partial charge in [-0.05, 0) is 69.7 Å². The van der Waals surface area contributed by atoms with E-state index in [0.717, 1.165) is 38.1 Å². The summed E-state index contributed by atoms with van der Waals surface area (Å²) in [5.41, 5.74) is 4.36. The van der Waals surface area contributed by atoms with Crippen molar-refractivity contribution in [3.05, 3.63) is 99.7 Å². The van der Waals surface area contributed by atoms with E-state index in [-0.39, 0.29) is 11.9 Å². The van der Waals surface area contributed by atoms with Gasteiger partial charge in [0.25, 0.3) is 5.91 Å². The highest BCUT2D eigenvalue weighted by atomic mass is 32.1. The zero-order valence-electron chi connectivity index (χ0n) is 19.8. The second kappa shape index (κ2) is 10.5. The summed E-state index contributed by atoms with van der Waals surface area (Å²) in [6, 6.07) is 21.0. The third-order valence-corrected chi connectivity index (χ3v) is 6.22. The average Bonchev–Trinajstić information content (AvgIpc) is 3.18. The van der Waals surface area contributed by atoms with E-state index in [9.17, 15) is 4.79 Å². The normalized spacial score (nSPS) is 11.6. The molecule has 0 radical (unpaired) electrons. The first kappa shape index (κ1) is 23.4. The summed E-state index contributed by atoms with van der Waals surface area (Å²) >= 11 is 1.55. The number of ether oxygens (including phenoxy) is 1. The van der Waals surface area contributed by atoms with Crippen LogP contribution in [0.2, 0.25) is 0 Å². The molecule has 0 spiro atoms. The number of carbonyl (C=O) groups is 1. The van der Waals surface area contributed by atoms with Gasteiger partial charge in [-0.1, -0.05) is 30.3 Å². The first-order valence-electron chi connectivity index (χ1n) is 11.2. The number of carbonyl (C=O) groups excluding carboxylic acids is 1. The molecule has 4 rings (SSSR count). The Morgan fingerprint density at radius 2 is 1.65 bits per heavy atom. The van der Waals surface area contributed by atoms with Crippen molar-refractivity contribution in [3.63, 3.8) is 0 Å². The molecule has 2 aromatic heterocycles. The Morgan fingerprint density at radius 1 is 0.971 bits per heavy atom. The van der Waals surface area contributed by atoms with Gasteiger partial charge >= 0.3 is 0 Å². The number of hydrogen-bond acceptors (Lipinski definition) is 6. The first-order valence-corrected chi connectivity index (χ1v) is 12.0. The van der Waals surface area contributed by atoms with Crippen LogP contribution in [0.15, 0.2) is 66.7 Å². The van der Waals surface area contributed by atoms with Crippen LogP contribution in [0.3, 0.4) is 0 Å². The Bertz CT molecular complexity index is 1250. The molecule has 0 aliphatic carbocycles. The molecule has 1 atom stereocenters. The number of nitrogens with one attached hydrogen (secondary N) is 2. The Morgan fingerprint density at radius 3 is 2.29 bits per heavy atom. The molecule has 7 heteroatoms. The van der Waals surface area contributed by atoms with Crippen LogP contribution in [0.1, 0.15) is 50.7 Å². The van der Waals surface area contributed by atoms with Gasteiger partial charge < -0.3 is 15.4 Å². The lowest BCUT2D eigenvalue weighted by Crippen LogP contribution is -2.18. The molecule has 0 fully saturated rings. The minimum absolute atomic E-state index is 0.142. The number of aryl methyl sites for hydroxylation is 3. The molecule has 174 valence electrons. The Hall–Kier alpha value is -3.71. The van der Waals surface area contributed by atoms with Crippen molar-refractivity contribution in [1.29, 1.82) is 0 Å². The third-order valence-electron chi connectivity index (χ3n) is 5.24. The van der Waals surface area contributed by atoms with Gasteiger partial charge in [0.05, 0.1) is 12.6 Å². The van der Waals surface area contributed by atoms with Gasteiger partial charge in [0, 0.05) is 27.4 Å². The number of nitrogens with zero attached hydrogens (tertiary/aromatic N) is 2. The first-order chi connectivity index (χ1) is 16.4. The molecule has 2 N–H and O–H groups in total. The monoisotopic (exact) mass is 472 g/mol. The molecule has 0 aliphatic rings. The van der Waals surface area contributed by atoms with Crippen molar-refractivity contribution < 1.29 is 9.53 Å². The number of benzene rings is 2. The molecule has 1 amide bonds. The number of hydrogen-bond donors (Lipinski definition) is 2. The fourth-order valence-electron chi connectivity index (χ4n) is 3.79. The molecular formula is C27H28N4O2S. The number of rotatable bonds is 8. The second-order valence-corrected chi connectivity index (χ2v) is 9.27. The maximum Gasteiger partial charge on any atom is 0.256 e. The standard InChI is InChI=1S/C27H28N4O2S/c1-5-33-22-13-11-20(12-14-22)24(30-27-28-17(2)15-18(3)29-27)23-16-19(4)34-26(23)31-25(32)21-9-7-6-8-10-21/h6-16,24H,5H2,1-4H3,(H,31,32)(H,28,29,30). The smallest absolute Gasteiger partial charge is 0.256 e. The molecule has 1 unspecified atom stereocenters. The fourth-order valence-corrected chi connectivity index (χ4v) is 4.74. The molecular weight excluding hydrogens is 444 g/mol. The van der Waals surface area contributed by atoms with Crippen LogP contribution in [0, 0.1) is 20.8 Å². The van der Waals surface area contributed by atoms with Crippen molar-refractivity contribution in [1.82, 2.24) is 9.97 Å². The number of anilines is 2. The molecule has 34 heavy (non-hydrogen) atoms. The summed E-state index contributed by atoms with van der Waals surface area (Å²) in [5.74, 6) is 1.21. The number of amides is 1. The summed E-state index contributed by atoms with van der Waals surface area (Å²) in [5, 5.41) is 7.41. The predicted molar refractivity (Wildman–Crippen MR) is 138 cm³/mol. The SMILES string of the molecule is CCOc1ccc(C(Nc2nc(C)cc(C)n2)c2cc(C)sc2NC(=O)c2ccccc2)cc1. The lowest BCUT2D eigenvalue weighted by molar-refractivity contribution is 0.102. The number of aromatic nitrogens is 2. The van der Waals surface area contributed by atoms with Crippen LogP contribution in [-0.4, -0.2) is 22.5 Å². The number of thiophene rings is 1. The van der Waals surface area contributed by atoms with Crippen molar-refractivity contribution >= 4 is 28.2 Å². The van der Waals surface area contributed by atoms with Crippen molar-refractivity contribution in [2.45, 2.75) is 33.7 Å². The van der Waals surface area contributed by atoms with Crippen molar-refractivity contribution in [2.24, 2.45) is 0 Å². The molecule has 0 saturated heterocycles. The molecule has 2 aromatic carbocycles. The maximum atomic E-state index is 12.9. The van der Waals surface area contributed by atoms with Crippen molar-refractivity contribution in [3.8, 4) is 5.75 Å².